The lowest BCUT2D eigenvalue weighted by Crippen LogP contribution is -2.52. The molecule has 2 aliphatic rings. The van der Waals surface area contributed by atoms with Crippen LogP contribution in [0.2, 0.25) is 5.02 Å². The first-order valence-corrected chi connectivity index (χ1v) is 14.1. The van der Waals surface area contributed by atoms with Crippen molar-refractivity contribution >= 4 is 33.2 Å². The number of sulfonamides is 1. The third-order valence-corrected chi connectivity index (χ3v) is 7.41. The number of anilines is 1. The van der Waals surface area contributed by atoms with Crippen molar-refractivity contribution in [2.45, 2.75) is 26.2 Å². The molecule has 0 spiro atoms. The number of halogens is 1. The van der Waals surface area contributed by atoms with Crippen LogP contribution in [0.5, 0.6) is 0 Å². The van der Waals surface area contributed by atoms with E-state index in [9.17, 15) is 13.2 Å². The van der Waals surface area contributed by atoms with E-state index < -0.39 is 10.0 Å². The number of hydrogen-bond acceptors (Lipinski definition) is 8. The molecule has 1 aromatic rings. The Morgan fingerprint density at radius 3 is 2.71 bits per heavy atom. The first-order chi connectivity index (χ1) is 16.9. The van der Waals surface area contributed by atoms with Crippen LogP contribution in [-0.4, -0.2) is 84.1 Å². The van der Waals surface area contributed by atoms with Crippen LogP contribution in [0, 0.1) is 0 Å². The number of hydrogen-bond donors (Lipinski definition) is 3. The molecule has 0 atom stereocenters. The zero-order valence-corrected chi connectivity index (χ0v) is 21.8. The summed E-state index contributed by atoms with van der Waals surface area (Å²) >= 11 is 6.08. The summed E-state index contributed by atoms with van der Waals surface area (Å²) in [6.07, 6.45) is 3.00. The zero-order valence-electron chi connectivity index (χ0n) is 20.2. The summed E-state index contributed by atoms with van der Waals surface area (Å²) < 4.78 is 38.3. The molecule has 1 aromatic carbocycles. The number of amides is 1. The van der Waals surface area contributed by atoms with E-state index in [1.54, 1.807) is 24.3 Å². The van der Waals surface area contributed by atoms with E-state index in [4.69, 9.17) is 21.1 Å². The number of rotatable bonds is 15. The standard InChI is InChI=1S/C23H36ClN5O5S/c1-2-33-14-15-34-22-21(18-26-29(23(22)30)20-8-5-7-19(24)17-20)25-9-10-27-35(31,32)16-6-13-28-11-3-4-12-28/h5,7-8,17,25-27H,2-4,6,9-16,18H2,1H3. The van der Waals surface area contributed by atoms with Gasteiger partial charge in [-0.15, -0.1) is 0 Å². The Morgan fingerprint density at radius 2 is 1.97 bits per heavy atom. The van der Waals surface area contributed by atoms with E-state index in [0.717, 1.165) is 19.6 Å². The van der Waals surface area contributed by atoms with Crippen molar-refractivity contribution in [2.24, 2.45) is 0 Å². The highest BCUT2D eigenvalue weighted by atomic mass is 35.5. The fourth-order valence-corrected chi connectivity index (χ4v) is 5.23. The molecule has 2 aliphatic heterocycles. The highest BCUT2D eigenvalue weighted by molar-refractivity contribution is 7.89. The van der Waals surface area contributed by atoms with Crippen LogP contribution in [0.1, 0.15) is 26.2 Å². The molecule has 196 valence electrons. The Labute approximate surface area is 213 Å². The van der Waals surface area contributed by atoms with Crippen molar-refractivity contribution in [2.75, 3.05) is 69.9 Å². The Balaban J connectivity index is 1.53. The predicted molar refractivity (Wildman–Crippen MR) is 136 cm³/mol. The van der Waals surface area contributed by atoms with Gasteiger partial charge in [0.2, 0.25) is 15.8 Å². The molecule has 3 rings (SSSR count). The van der Waals surface area contributed by atoms with Crippen LogP contribution in [-0.2, 0) is 24.3 Å². The number of nitrogens with zero attached hydrogens (tertiary/aromatic N) is 2. The average Bonchev–Trinajstić information content (AvgIpc) is 3.34. The Morgan fingerprint density at radius 1 is 1.17 bits per heavy atom. The second-order valence-electron chi connectivity index (χ2n) is 8.35. The molecule has 12 heteroatoms. The van der Waals surface area contributed by atoms with E-state index in [2.05, 4.69) is 20.4 Å². The molecule has 2 heterocycles. The monoisotopic (exact) mass is 529 g/mol. The average molecular weight is 530 g/mol. The van der Waals surface area contributed by atoms with Crippen molar-refractivity contribution in [1.82, 2.24) is 20.4 Å². The topological polar surface area (TPSA) is 112 Å². The first-order valence-electron chi connectivity index (χ1n) is 12.1. The van der Waals surface area contributed by atoms with Gasteiger partial charge in [-0.2, -0.15) is 0 Å². The van der Waals surface area contributed by atoms with E-state index in [1.807, 2.05) is 6.92 Å². The number of carbonyl (C=O) groups excluding carboxylic acids is 1. The molecule has 35 heavy (non-hydrogen) atoms. The molecule has 0 aromatic heterocycles. The summed E-state index contributed by atoms with van der Waals surface area (Å²) in [6, 6.07) is 6.94. The molecule has 0 bridgehead atoms. The van der Waals surface area contributed by atoms with Crippen LogP contribution in [0.4, 0.5) is 5.69 Å². The Bertz CT molecular complexity index is 969. The number of ether oxygens (including phenoxy) is 2. The summed E-state index contributed by atoms with van der Waals surface area (Å²) in [7, 11) is -3.35. The Hall–Kier alpha value is -1.89. The molecule has 0 radical (unpaired) electrons. The summed E-state index contributed by atoms with van der Waals surface area (Å²) in [6.45, 7) is 6.74. The number of hydrazine groups is 1. The maximum atomic E-state index is 13.2. The van der Waals surface area contributed by atoms with E-state index in [-0.39, 0.29) is 30.6 Å². The fourth-order valence-electron chi connectivity index (χ4n) is 3.98. The van der Waals surface area contributed by atoms with Gasteiger partial charge < -0.3 is 19.7 Å². The maximum Gasteiger partial charge on any atom is 0.309 e. The highest BCUT2D eigenvalue weighted by Crippen LogP contribution is 2.23. The zero-order chi connectivity index (χ0) is 25.1. The van der Waals surface area contributed by atoms with Gasteiger partial charge in [-0.3, -0.25) is 4.79 Å². The first kappa shape index (κ1) is 27.7. The predicted octanol–water partition coefficient (Wildman–Crippen LogP) is 1.45. The van der Waals surface area contributed by atoms with Crippen molar-refractivity contribution in [1.29, 1.82) is 0 Å². The Kier molecular flexibility index (Phi) is 11.1. The summed E-state index contributed by atoms with van der Waals surface area (Å²) in [5, 5.41) is 5.04. The van der Waals surface area contributed by atoms with E-state index >= 15 is 0 Å². The fraction of sp³-hybridized carbons (Fsp3) is 0.609. The van der Waals surface area contributed by atoms with Crippen LogP contribution >= 0.6 is 11.6 Å². The maximum absolute atomic E-state index is 13.2. The second-order valence-corrected chi connectivity index (χ2v) is 10.7. The molecule has 1 amide bonds. The van der Waals surface area contributed by atoms with Crippen molar-refractivity contribution in [3.05, 3.63) is 40.7 Å². The lowest BCUT2D eigenvalue weighted by atomic mass is 10.2. The van der Waals surface area contributed by atoms with Crippen molar-refractivity contribution in [3.8, 4) is 0 Å². The molecule has 3 N–H and O–H groups in total. The van der Waals surface area contributed by atoms with Crippen LogP contribution in [0.25, 0.3) is 0 Å². The minimum absolute atomic E-state index is 0.104. The summed E-state index contributed by atoms with van der Waals surface area (Å²) in [5.41, 5.74) is 4.20. The molecular weight excluding hydrogens is 494 g/mol. The lowest BCUT2D eigenvalue weighted by molar-refractivity contribution is -0.120. The van der Waals surface area contributed by atoms with Gasteiger partial charge in [-0.1, -0.05) is 17.7 Å². The van der Waals surface area contributed by atoms with Gasteiger partial charge >= 0.3 is 5.91 Å². The minimum atomic E-state index is -3.35. The molecule has 0 saturated carbocycles. The smallest absolute Gasteiger partial charge is 0.309 e. The number of nitrogens with one attached hydrogen (secondary N) is 3. The summed E-state index contributed by atoms with van der Waals surface area (Å²) in [5.74, 6) is -0.107. The van der Waals surface area contributed by atoms with Gasteiger partial charge in [0.15, 0.2) is 0 Å². The van der Waals surface area contributed by atoms with E-state index in [0.29, 0.717) is 49.1 Å². The number of carbonyl (C=O) groups is 1. The number of likely N-dealkylation sites (tertiary alicyclic amines) is 1. The van der Waals surface area contributed by atoms with Gasteiger partial charge in [0.1, 0.15) is 6.61 Å². The normalized spacial score (nSPS) is 17.3. The van der Waals surface area contributed by atoms with Crippen LogP contribution < -0.4 is 20.5 Å². The molecular formula is C23H36ClN5O5S. The van der Waals surface area contributed by atoms with E-state index in [1.165, 1.54) is 17.9 Å². The molecule has 10 nitrogen and oxygen atoms in total. The van der Waals surface area contributed by atoms with Gasteiger partial charge in [-0.05, 0) is 64.0 Å². The lowest BCUT2D eigenvalue weighted by Gasteiger charge is -2.31. The van der Waals surface area contributed by atoms with Crippen molar-refractivity contribution in [3.63, 3.8) is 0 Å². The second kappa shape index (κ2) is 14.0. The van der Waals surface area contributed by atoms with Gasteiger partial charge in [0.25, 0.3) is 0 Å². The molecule has 0 unspecified atom stereocenters. The van der Waals surface area contributed by atoms with Crippen LogP contribution in [0.3, 0.4) is 0 Å². The third kappa shape index (κ3) is 8.93. The van der Waals surface area contributed by atoms with Crippen molar-refractivity contribution < 1.29 is 22.7 Å². The SMILES string of the molecule is CCOCCOC1=C(NCCNS(=O)(=O)CCCN2CCCC2)CNN(c2cccc(Cl)c2)C1=O. The molecule has 1 fully saturated rings. The minimum Gasteiger partial charge on any atom is -0.484 e. The van der Waals surface area contributed by atoms with Gasteiger partial charge in [-0.25, -0.2) is 23.6 Å². The largest absolute Gasteiger partial charge is 0.484 e. The van der Waals surface area contributed by atoms with Crippen LogP contribution in [0.15, 0.2) is 35.7 Å². The quantitative estimate of drug-likeness (QED) is 0.293. The summed E-state index contributed by atoms with van der Waals surface area (Å²) in [4.78, 5) is 15.5. The van der Waals surface area contributed by atoms with Gasteiger partial charge in [0, 0.05) is 24.7 Å². The molecule has 0 aliphatic carbocycles. The van der Waals surface area contributed by atoms with Gasteiger partial charge in [0.05, 0.1) is 30.3 Å². The third-order valence-electron chi connectivity index (χ3n) is 5.70. The molecule has 1 saturated heterocycles. The number of benzene rings is 1. The highest BCUT2D eigenvalue weighted by Gasteiger charge is 2.30.